The second kappa shape index (κ2) is 8.33. The summed E-state index contributed by atoms with van der Waals surface area (Å²) in [4.78, 5) is 0. The highest BCUT2D eigenvalue weighted by Gasteiger charge is 2.19. The van der Waals surface area contributed by atoms with Gasteiger partial charge in [0.25, 0.3) is 0 Å². The van der Waals surface area contributed by atoms with E-state index in [9.17, 15) is 5.48 Å². The largest absolute Gasteiger partial charge is 0.456 e. The summed E-state index contributed by atoms with van der Waals surface area (Å²) in [5, 5.41) is 0.928. The van der Waals surface area contributed by atoms with Gasteiger partial charge in [-0.2, -0.15) is 0 Å². The van der Waals surface area contributed by atoms with Crippen LogP contribution in [0.2, 0.25) is 0 Å². The highest BCUT2D eigenvalue weighted by molar-refractivity contribution is 6.22. The number of para-hydroxylation sites is 1. The van der Waals surface area contributed by atoms with Crippen molar-refractivity contribution in [2.75, 3.05) is 0 Å². The summed E-state index contributed by atoms with van der Waals surface area (Å²) < 4.78 is 129. The summed E-state index contributed by atoms with van der Waals surface area (Å²) >= 11 is 0. The van der Waals surface area contributed by atoms with Gasteiger partial charge in [-0.25, -0.2) is 0 Å². The van der Waals surface area contributed by atoms with Crippen LogP contribution in [0.5, 0.6) is 0 Å². The van der Waals surface area contributed by atoms with Crippen molar-refractivity contribution in [3.8, 4) is 11.1 Å². The van der Waals surface area contributed by atoms with Gasteiger partial charge in [0.15, 0.2) is 0 Å². The van der Waals surface area contributed by atoms with E-state index >= 15 is 0 Å². The summed E-state index contributed by atoms with van der Waals surface area (Å²) in [6, 6.07) is 6.66. The van der Waals surface area contributed by atoms with Crippen LogP contribution in [0.4, 0.5) is 0 Å². The van der Waals surface area contributed by atoms with E-state index in [1.807, 2.05) is 12.1 Å². The maximum absolute atomic E-state index is 9.24. The van der Waals surface area contributed by atoms with Gasteiger partial charge in [-0.1, -0.05) is 121 Å². The predicted molar refractivity (Wildman–Crippen MR) is 161 cm³/mol. The van der Waals surface area contributed by atoms with Gasteiger partial charge in [-0.05, 0) is 73.1 Å². The van der Waals surface area contributed by atoms with Gasteiger partial charge >= 0.3 is 0 Å². The average Bonchev–Trinajstić information content (AvgIpc) is 3.53. The monoisotopic (exact) mass is 498 g/mol. The number of furan rings is 1. The summed E-state index contributed by atoms with van der Waals surface area (Å²) in [6.07, 6.45) is -0.375. The Bertz CT molecular complexity index is 2850. The Hall–Kier alpha value is -4.88. The molecule has 7 aromatic carbocycles. The van der Waals surface area contributed by atoms with E-state index in [1.54, 1.807) is 30.3 Å². The molecule has 0 atom stereocenters. The van der Waals surface area contributed by atoms with E-state index in [0.717, 1.165) is 0 Å². The third kappa shape index (κ3) is 3.19. The Morgan fingerprint density at radius 2 is 1.21 bits per heavy atom. The van der Waals surface area contributed by atoms with Crippen molar-refractivity contribution in [2.24, 2.45) is 0 Å². The molecule has 1 heteroatoms. The third-order valence-electron chi connectivity index (χ3n) is 6.90. The van der Waals surface area contributed by atoms with Gasteiger partial charge < -0.3 is 4.42 Å². The minimum atomic E-state index is -0.586. The number of rotatable bonds is 3. The molecule has 0 aliphatic carbocycles. The lowest BCUT2D eigenvalue weighted by atomic mass is 9.85. The smallest absolute Gasteiger partial charge is 0.136 e. The van der Waals surface area contributed by atoms with Crippen LogP contribution in [0, 0.1) is 0 Å². The maximum atomic E-state index is 9.24. The van der Waals surface area contributed by atoms with Gasteiger partial charge in [0.2, 0.25) is 0 Å². The van der Waals surface area contributed by atoms with Crippen LogP contribution in [0.3, 0.4) is 0 Å². The van der Waals surface area contributed by atoms with Crippen molar-refractivity contribution in [3.05, 3.63) is 144 Å². The standard InChI is InChI=1S/C37H24O/c1-2-11-26-22-24(20-21-25(26)10-1)23-33-27-12-3-5-14-29(27)36(30-15-6-4-13-28(30)33)32-17-9-19-35-37(32)31-16-7-8-18-34(31)38-35/h1-22H,23H2/i1D,2D,3D,4D,5D,6D,10D,11D,12D,13D,14D,15D,20D,21D. The SMILES string of the molecule is [2H]c1c([2H])c([2H])c2c([2H])c([2H])c(Cc3c4c([2H])c([2H])c([2H])c([2H])c4c(-c4cccc5oc6ccccc6c45)c4c([2H])c([2H])c([2H])c([2H])c34)cc2c1[2H]. The normalized spacial score (nSPS) is 16.9. The van der Waals surface area contributed by atoms with Crippen LogP contribution >= 0.6 is 0 Å². The molecule has 8 rings (SSSR count). The first kappa shape index (κ1) is 11.7. The lowest BCUT2D eigenvalue weighted by molar-refractivity contribution is 0.669. The van der Waals surface area contributed by atoms with Crippen molar-refractivity contribution in [3.63, 3.8) is 0 Å². The van der Waals surface area contributed by atoms with Gasteiger partial charge in [-0.3, -0.25) is 0 Å². The summed E-state index contributed by atoms with van der Waals surface area (Å²) in [5.41, 5.74) is 1.65. The van der Waals surface area contributed by atoms with Crippen LogP contribution in [0.1, 0.15) is 30.3 Å². The first-order valence-electron chi connectivity index (χ1n) is 19.0. The molecule has 38 heavy (non-hydrogen) atoms. The predicted octanol–water partition coefficient (Wildman–Crippen LogP) is 10.3. The molecule has 178 valence electrons. The zero-order valence-corrected chi connectivity index (χ0v) is 19.7. The first-order valence-corrected chi connectivity index (χ1v) is 12.0. The molecule has 0 aliphatic heterocycles. The van der Waals surface area contributed by atoms with E-state index in [2.05, 4.69) is 0 Å². The first-order chi connectivity index (χ1) is 24.7. The molecule has 0 unspecified atom stereocenters. The van der Waals surface area contributed by atoms with E-state index in [4.69, 9.17) is 18.1 Å². The molecule has 0 aliphatic rings. The Balaban J connectivity index is 1.62. The fourth-order valence-corrected chi connectivity index (χ4v) is 5.30. The van der Waals surface area contributed by atoms with Crippen molar-refractivity contribution < 1.29 is 23.6 Å². The number of benzene rings is 7. The molecule has 0 saturated heterocycles. The molecule has 1 nitrogen and oxygen atoms in total. The fourth-order valence-electron chi connectivity index (χ4n) is 5.30. The number of fused-ring (bicyclic) bond motifs is 6. The fraction of sp³-hybridized carbons (Fsp3) is 0.0270. The molecular formula is C37H24O. The number of hydrogen-bond donors (Lipinski definition) is 0. The number of hydrogen-bond acceptors (Lipinski definition) is 1. The van der Waals surface area contributed by atoms with Crippen molar-refractivity contribution in [2.45, 2.75) is 6.42 Å². The quantitative estimate of drug-likeness (QED) is 0.221. The van der Waals surface area contributed by atoms with Crippen molar-refractivity contribution in [1.29, 1.82) is 0 Å². The third-order valence-corrected chi connectivity index (χ3v) is 6.90. The highest BCUT2D eigenvalue weighted by atomic mass is 16.3. The highest BCUT2D eigenvalue weighted by Crippen LogP contribution is 2.44. The molecule has 8 aromatic rings. The Morgan fingerprint density at radius 1 is 0.553 bits per heavy atom. The molecule has 0 N–H and O–H groups in total. The van der Waals surface area contributed by atoms with E-state index in [1.165, 1.54) is 6.07 Å². The van der Waals surface area contributed by atoms with Gasteiger partial charge in [0, 0.05) is 10.8 Å². The molecule has 0 bridgehead atoms. The Morgan fingerprint density at radius 3 is 2.00 bits per heavy atom. The van der Waals surface area contributed by atoms with Crippen molar-refractivity contribution >= 4 is 54.3 Å². The van der Waals surface area contributed by atoms with Crippen LogP contribution in [-0.4, -0.2) is 0 Å². The van der Waals surface area contributed by atoms with Crippen molar-refractivity contribution in [1.82, 2.24) is 0 Å². The molecule has 0 spiro atoms. The lowest BCUT2D eigenvalue weighted by Gasteiger charge is -2.18. The second-order valence-electron chi connectivity index (χ2n) is 9.02. The zero-order valence-electron chi connectivity index (χ0n) is 33.7. The molecular weight excluding hydrogens is 460 g/mol. The van der Waals surface area contributed by atoms with Gasteiger partial charge in [0.1, 0.15) is 11.2 Å². The van der Waals surface area contributed by atoms with Crippen LogP contribution in [0.25, 0.3) is 65.4 Å². The minimum absolute atomic E-state index is 0.0170. The van der Waals surface area contributed by atoms with Crippen LogP contribution < -0.4 is 0 Å². The molecule has 0 saturated carbocycles. The summed E-state index contributed by atoms with van der Waals surface area (Å²) in [7, 11) is 0. The second-order valence-corrected chi connectivity index (χ2v) is 9.02. The molecule has 0 fully saturated rings. The molecule has 0 amide bonds. The molecule has 1 heterocycles. The zero-order chi connectivity index (χ0) is 37.2. The van der Waals surface area contributed by atoms with Crippen LogP contribution in [0.15, 0.2) is 138 Å². The molecule has 1 aromatic heterocycles. The van der Waals surface area contributed by atoms with E-state index in [-0.39, 0.29) is 55.4 Å². The summed E-state index contributed by atoms with van der Waals surface area (Å²) in [6.45, 7) is 0. The minimum Gasteiger partial charge on any atom is -0.456 e. The average molecular weight is 499 g/mol. The van der Waals surface area contributed by atoms with E-state index in [0.29, 0.717) is 27.5 Å². The maximum Gasteiger partial charge on any atom is 0.136 e. The van der Waals surface area contributed by atoms with Crippen LogP contribution in [-0.2, 0) is 6.42 Å². The Labute approximate surface area is 240 Å². The lowest BCUT2D eigenvalue weighted by Crippen LogP contribution is -1.96. The summed E-state index contributed by atoms with van der Waals surface area (Å²) in [5.74, 6) is 0. The van der Waals surface area contributed by atoms with Gasteiger partial charge in [-0.15, -0.1) is 0 Å². The Kier molecular flexibility index (Phi) is 2.56. The van der Waals surface area contributed by atoms with Gasteiger partial charge in [0.05, 0.1) is 19.2 Å². The molecule has 0 radical (unpaired) electrons. The van der Waals surface area contributed by atoms with E-state index < -0.39 is 84.6 Å². The topological polar surface area (TPSA) is 13.1 Å².